The van der Waals surface area contributed by atoms with E-state index in [0.717, 1.165) is 39.0 Å². The highest BCUT2D eigenvalue weighted by molar-refractivity contribution is 5.92. The Morgan fingerprint density at radius 3 is 2.55 bits per heavy atom. The Balaban J connectivity index is 1.83. The molecule has 5 aromatic rings. The van der Waals surface area contributed by atoms with Gasteiger partial charge in [0.2, 0.25) is 0 Å². The third kappa shape index (κ3) is 3.67. The second-order valence-corrected chi connectivity index (χ2v) is 7.82. The van der Waals surface area contributed by atoms with Crippen LogP contribution in [0.5, 0.6) is 5.75 Å². The van der Waals surface area contributed by atoms with Gasteiger partial charge >= 0.3 is 0 Å². The molecule has 0 aliphatic rings. The molecule has 0 unspecified atom stereocenters. The number of hydrogen-bond acceptors (Lipinski definition) is 6. The van der Waals surface area contributed by atoms with Crippen molar-refractivity contribution in [3.05, 3.63) is 94.6 Å². The lowest BCUT2D eigenvalue weighted by Crippen LogP contribution is -2.23. The number of aromatic nitrogens is 4. The van der Waals surface area contributed by atoms with E-state index in [9.17, 15) is 4.79 Å². The summed E-state index contributed by atoms with van der Waals surface area (Å²) in [6.45, 7) is 4.11. The lowest BCUT2D eigenvalue weighted by molar-refractivity contribution is 0.393. The molecule has 5 rings (SSSR count). The number of hydrogen-bond donors (Lipinski definition) is 0. The fraction of sp³-hybridized carbons (Fsp3) is 0.154. The average Bonchev–Trinajstić information content (AvgIpc) is 3.18. The molecule has 0 N–H and O–H groups in total. The van der Waals surface area contributed by atoms with Gasteiger partial charge in [-0.3, -0.25) is 14.8 Å². The molecule has 0 bridgehead atoms. The van der Waals surface area contributed by atoms with Crippen molar-refractivity contribution in [1.29, 1.82) is 0 Å². The number of pyridine rings is 3. The SMILES string of the molecule is COc1cc2c(cc1-c1c(C)noc1C)cc(-c1cccnc1)c(=O)n2Cc1ccccn1. The first kappa shape index (κ1) is 20.6. The second-order valence-electron chi connectivity index (χ2n) is 7.82. The lowest BCUT2D eigenvalue weighted by atomic mass is 9.98. The Kier molecular flexibility index (Phi) is 5.22. The molecular formula is C26H22N4O3. The highest BCUT2D eigenvalue weighted by Crippen LogP contribution is 2.38. The molecule has 0 aliphatic carbocycles. The molecule has 0 fully saturated rings. The van der Waals surface area contributed by atoms with E-state index in [1.54, 1.807) is 30.3 Å². The third-order valence-electron chi connectivity index (χ3n) is 5.74. The van der Waals surface area contributed by atoms with Gasteiger partial charge in [-0.25, -0.2) is 0 Å². The van der Waals surface area contributed by atoms with Gasteiger partial charge in [0.05, 0.1) is 36.1 Å². The van der Waals surface area contributed by atoms with E-state index in [0.29, 0.717) is 23.6 Å². The van der Waals surface area contributed by atoms with Crippen LogP contribution in [-0.2, 0) is 6.54 Å². The van der Waals surface area contributed by atoms with Crippen LogP contribution in [-0.4, -0.2) is 26.8 Å². The van der Waals surface area contributed by atoms with Crippen LogP contribution in [0.25, 0.3) is 33.2 Å². The Hall–Kier alpha value is -4.26. The normalized spacial score (nSPS) is 11.1. The van der Waals surface area contributed by atoms with Crippen LogP contribution < -0.4 is 10.3 Å². The third-order valence-corrected chi connectivity index (χ3v) is 5.74. The largest absolute Gasteiger partial charge is 0.496 e. The van der Waals surface area contributed by atoms with E-state index in [-0.39, 0.29) is 5.56 Å². The Labute approximate surface area is 190 Å². The molecule has 4 heterocycles. The van der Waals surface area contributed by atoms with Crippen LogP contribution in [0.1, 0.15) is 17.1 Å². The summed E-state index contributed by atoms with van der Waals surface area (Å²) in [6, 6.07) is 15.2. The molecule has 0 atom stereocenters. The molecule has 0 saturated carbocycles. The molecule has 164 valence electrons. The quantitative estimate of drug-likeness (QED) is 0.392. The first-order valence-electron chi connectivity index (χ1n) is 10.6. The van der Waals surface area contributed by atoms with Gasteiger partial charge in [-0.05, 0) is 49.6 Å². The Morgan fingerprint density at radius 2 is 1.88 bits per heavy atom. The van der Waals surface area contributed by atoms with Gasteiger partial charge in [0.25, 0.3) is 5.56 Å². The zero-order valence-corrected chi connectivity index (χ0v) is 18.6. The molecule has 0 saturated heterocycles. The smallest absolute Gasteiger partial charge is 0.259 e. The summed E-state index contributed by atoms with van der Waals surface area (Å²) in [5.41, 5.74) is 5.28. The van der Waals surface area contributed by atoms with Crippen molar-refractivity contribution in [3.63, 3.8) is 0 Å². The van der Waals surface area contributed by atoms with E-state index < -0.39 is 0 Å². The molecule has 0 spiro atoms. The van der Waals surface area contributed by atoms with Gasteiger partial charge in [0, 0.05) is 41.3 Å². The molecular weight excluding hydrogens is 416 g/mol. The minimum atomic E-state index is -0.117. The van der Waals surface area contributed by atoms with E-state index in [1.807, 2.05) is 62.4 Å². The average molecular weight is 438 g/mol. The number of ether oxygens (including phenoxy) is 1. The van der Waals surface area contributed by atoms with Gasteiger partial charge in [-0.1, -0.05) is 17.3 Å². The molecule has 1 aromatic carbocycles. The highest BCUT2D eigenvalue weighted by Gasteiger charge is 2.20. The monoisotopic (exact) mass is 438 g/mol. The van der Waals surface area contributed by atoms with Crippen molar-refractivity contribution in [2.75, 3.05) is 7.11 Å². The summed E-state index contributed by atoms with van der Waals surface area (Å²) < 4.78 is 12.9. The maximum Gasteiger partial charge on any atom is 0.259 e. The van der Waals surface area contributed by atoms with Crippen LogP contribution in [0, 0.1) is 13.8 Å². The zero-order valence-electron chi connectivity index (χ0n) is 18.6. The Bertz CT molecular complexity index is 1490. The molecule has 33 heavy (non-hydrogen) atoms. The minimum Gasteiger partial charge on any atom is -0.496 e. The van der Waals surface area contributed by atoms with Crippen molar-refractivity contribution >= 4 is 10.9 Å². The van der Waals surface area contributed by atoms with E-state index in [1.165, 1.54) is 0 Å². The molecule has 0 radical (unpaired) electrons. The first-order valence-corrected chi connectivity index (χ1v) is 10.6. The van der Waals surface area contributed by atoms with Crippen molar-refractivity contribution in [2.24, 2.45) is 0 Å². The van der Waals surface area contributed by atoms with E-state index in [4.69, 9.17) is 9.26 Å². The van der Waals surface area contributed by atoms with Gasteiger partial charge in [-0.2, -0.15) is 0 Å². The predicted octanol–water partition coefficient (Wildman–Crippen LogP) is 4.79. The number of benzene rings is 1. The molecule has 0 aliphatic heterocycles. The topological polar surface area (TPSA) is 83.0 Å². The number of rotatable bonds is 5. The van der Waals surface area contributed by atoms with Crippen LogP contribution in [0.15, 0.2) is 76.4 Å². The fourth-order valence-electron chi connectivity index (χ4n) is 4.18. The van der Waals surface area contributed by atoms with Gasteiger partial charge in [0.15, 0.2) is 0 Å². The number of methoxy groups -OCH3 is 1. The van der Waals surface area contributed by atoms with Gasteiger partial charge < -0.3 is 13.8 Å². The van der Waals surface area contributed by atoms with Crippen LogP contribution in [0.3, 0.4) is 0 Å². The fourth-order valence-corrected chi connectivity index (χ4v) is 4.18. The maximum atomic E-state index is 13.7. The van der Waals surface area contributed by atoms with Crippen LogP contribution >= 0.6 is 0 Å². The first-order chi connectivity index (χ1) is 16.1. The zero-order chi connectivity index (χ0) is 22.9. The maximum absolute atomic E-state index is 13.7. The van der Waals surface area contributed by atoms with Crippen molar-refractivity contribution < 1.29 is 9.26 Å². The minimum absolute atomic E-state index is 0.117. The molecule has 4 aromatic heterocycles. The molecule has 7 heteroatoms. The molecule has 7 nitrogen and oxygen atoms in total. The van der Waals surface area contributed by atoms with Crippen LogP contribution in [0.2, 0.25) is 0 Å². The van der Waals surface area contributed by atoms with E-state index in [2.05, 4.69) is 15.1 Å². The predicted molar refractivity (Wildman–Crippen MR) is 126 cm³/mol. The summed E-state index contributed by atoms with van der Waals surface area (Å²) in [5, 5.41) is 4.99. The highest BCUT2D eigenvalue weighted by atomic mass is 16.5. The lowest BCUT2D eigenvalue weighted by Gasteiger charge is -2.16. The van der Waals surface area contributed by atoms with Crippen molar-refractivity contribution in [1.82, 2.24) is 19.7 Å². The van der Waals surface area contributed by atoms with Gasteiger partial charge in [-0.15, -0.1) is 0 Å². The molecule has 0 amide bonds. The van der Waals surface area contributed by atoms with Crippen molar-refractivity contribution in [2.45, 2.75) is 20.4 Å². The van der Waals surface area contributed by atoms with Crippen molar-refractivity contribution in [3.8, 4) is 28.0 Å². The second kappa shape index (κ2) is 8.35. The van der Waals surface area contributed by atoms with Gasteiger partial charge in [0.1, 0.15) is 11.5 Å². The number of nitrogens with zero attached hydrogens (tertiary/aromatic N) is 4. The number of aryl methyl sites for hydroxylation is 2. The van der Waals surface area contributed by atoms with Crippen LogP contribution in [0.4, 0.5) is 0 Å². The summed E-state index contributed by atoms with van der Waals surface area (Å²) in [6.07, 6.45) is 5.12. The van der Waals surface area contributed by atoms with E-state index >= 15 is 0 Å². The standard InChI is InChI=1S/C26H22N4O3/c1-16-25(17(2)33-29-16)22-12-19-11-21(18-7-6-9-27-14-18)26(31)30(23(19)13-24(22)32-3)15-20-8-4-5-10-28-20/h4-14H,15H2,1-3H3. The summed E-state index contributed by atoms with van der Waals surface area (Å²) in [4.78, 5) is 22.3. The summed E-state index contributed by atoms with van der Waals surface area (Å²) in [7, 11) is 1.62. The summed E-state index contributed by atoms with van der Waals surface area (Å²) >= 11 is 0. The summed E-state index contributed by atoms with van der Waals surface area (Å²) in [5.74, 6) is 1.35. The Morgan fingerprint density at radius 1 is 1.03 bits per heavy atom. The number of fused-ring (bicyclic) bond motifs is 1.